The molecule has 9 heavy (non-hydrogen) atoms. The monoisotopic (exact) mass is 130 g/mol. The van der Waals surface area contributed by atoms with Crippen LogP contribution in [-0.2, 0) is 9.47 Å². The molecule has 0 aromatic heterocycles. The highest BCUT2D eigenvalue weighted by molar-refractivity contribution is 4.79. The summed E-state index contributed by atoms with van der Waals surface area (Å²) in [5.41, 5.74) is 0. The zero-order chi connectivity index (χ0) is 6.74. The summed E-state index contributed by atoms with van der Waals surface area (Å²) >= 11 is 0. The number of rotatable bonds is 4. The van der Waals surface area contributed by atoms with Crippen molar-refractivity contribution >= 4 is 0 Å². The number of hydrogen-bond acceptors (Lipinski definition) is 2. The van der Waals surface area contributed by atoms with Crippen molar-refractivity contribution in [2.24, 2.45) is 0 Å². The summed E-state index contributed by atoms with van der Waals surface area (Å²) in [5, 5.41) is 0. The van der Waals surface area contributed by atoms with E-state index in [0.717, 1.165) is 26.1 Å². The first-order chi connectivity index (χ1) is 4.33. The highest BCUT2D eigenvalue weighted by Crippen LogP contribution is 2.31. The summed E-state index contributed by atoms with van der Waals surface area (Å²) in [6, 6.07) is 0. The molecule has 2 heteroatoms. The summed E-state index contributed by atoms with van der Waals surface area (Å²) < 4.78 is 10.5. The third-order valence-electron chi connectivity index (χ3n) is 1.57. The molecule has 2 nitrogen and oxygen atoms in total. The molecule has 0 radical (unpaired) electrons. The highest BCUT2D eigenvalue weighted by atomic mass is 16.8. The summed E-state index contributed by atoms with van der Waals surface area (Å²) in [4.78, 5) is 0. The Morgan fingerprint density at radius 2 is 2.22 bits per heavy atom. The van der Waals surface area contributed by atoms with Crippen LogP contribution in [0.25, 0.3) is 0 Å². The second-order valence-corrected chi connectivity index (χ2v) is 2.40. The van der Waals surface area contributed by atoms with Crippen LogP contribution in [0.2, 0.25) is 0 Å². The predicted molar refractivity (Wildman–Crippen MR) is 35.2 cm³/mol. The summed E-state index contributed by atoms with van der Waals surface area (Å²) in [7, 11) is 0. The molecule has 0 N–H and O–H groups in total. The zero-order valence-corrected chi connectivity index (χ0v) is 6.14. The van der Waals surface area contributed by atoms with Gasteiger partial charge in [0.15, 0.2) is 5.79 Å². The lowest BCUT2D eigenvalue weighted by Crippen LogP contribution is -2.14. The van der Waals surface area contributed by atoms with Crippen molar-refractivity contribution in [2.45, 2.75) is 32.5 Å². The van der Waals surface area contributed by atoms with Crippen molar-refractivity contribution in [2.75, 3.05) is 13.2 Å². The van der Waals surface area contributed by atoms with Crippen LogP contribution >= 0.6 is 0 Å². The van der Waals surface area contributed by atoms with Gasteiger partial charge in [0, 0.05) is 13.0 Å². The molecule has 1 atom stereocenters. The Bertz CT molecular complexity index is 86.9. The molecule has 1 rings (SSSR count). The Morgan fingerprint density at radius 3 is 2.56 bits per heavy atom. The molecule has 1 unspecified atom stereocenters. The van der Waals surface area contributed by atoms with E-state index < -0.39 is 0 Å². The van der Waals surface area contributed by atoms with E-state index in [1.54, 1.807) is 0 Å². The molecule has 0 bridgehead atoms. The maximum atomic E-state index is 5.42. The molecule has 0 saturated carbocycles. The van der Waals surface area contributed by atoms with Gasteiger partial charge in [0.25, 0.3) is 0 Å². The molecule has 0 amide bonds. The first-order valence-electron chi connectivity index (χ1n) is 3.61. The van der Waals surface area contributed by atoms with E-state index in [-0.39, 0.29) is 5.79 Å². The standard InChI is InChI=1S/C7H14O2/c1-3-5-8-7(4-2)6-9-7/h3-6H2,1-2H3. The third-order valence-corrected chi connectivity index (χ3v) is 1.57. The van der Waals surface area contributed by atoms with E-state index in [1.807, 2.05) is 0 Å². The normalized spacial score (nSPS) is 32.7. The maximum Gasteiger partial charge on any atom is 0.191 e. The second kappa shape index (κ2) is 2.67. The fourth-order valence-electron chi connectivity index (χ4n) is 0.758. The molecule has 1 heterocycles. The molecule has 0 aromatic carbocycles. The van der Waals surface area contributed by atoms with E-state index in [1.165, 1.54) is 0 Å². The number of epoxide rings is 1. The first-order valence-corrected chi connectivity index (χ1v) is 3.61. The smallest absolute Gasteiger partial charge is 0.191 e. The van der Waals surface area contributed by atoms with Crippen LogP contribution in [0, 0.1) is 0 Å². The fraction of sp³-hybridized carbons (Fsp3) is 1.00. The van der Waals surface area contributed by atoms with Gasteiger partial charge in [-0.25, -0.2) is 0 Å². The highest BCUT2D eigenvalue weighted by Gasteiger charge is 2.43. The molecule has 1 fully saturated rings. The van der Waals surface area contributed by atoms with Gasteiger partial charge in [-0.3, -0.25) is 0 Å². The quantitative estimate of drug-likeness (QED) is 0.538. The molecular formula is C7H14O2. The third kappa shape index (κ3) is 1.66. The van der Waals surface area contributed by atoms with Crippen molar-refractivity contribution in [1.82, 2.24) is 0 Å². The van der Waals surface area contributed by atoms with Gasteiger partial charge in [-0.05, 0) is 6.42 Å². The number of hydrogen-bond donors (Lipinski definition) is 0. The molecule has 0 aromatic rings. The minimum absolute atomic E-state index is 0.157. The summed E-state index contributed by atoms with van der Waals surface area (Å²) in [5.74, 6) is -0.157. The Kier molecular flexibility index (Phi) is 2.09. The number of ether oxygens (including phenoxy) is 2. The minimum Gasteiger partial charge on any atom is -0.348 e. The van der Waals surface area contributed by atoms with Crippen LogP contribution < -0.4 is 0 Å². The average molecular weight is 130 g/mol. The van der Waals surface area contributed by atoms with Gasteiger partial charge in [0.1, 0.15) is 6.61 Å². The molecular weight excluding hydrogens is 116 g/mol. The predicted octanol–water partition coefficient (Wildman–Crippen LogP) is 1.55. The molecule has 1 aliphatic heterocycles. The lowest BCUT2D eigenvalue weighted by molar-refractivity contribution is -0.0451. The largest absolute Gasteiger partial charge is 0.348 e. The second-order valence-electron chi connectivity index (χ2n) is 2.40. The van der Waals surface area contributed by atoms with Crippen LogP contribution in [0.4, 0.5) is 0 Å². The zero-order valence-electron chi connectivity index (χ0n) is 6.14. The van der Waals surface area contributed by atoms with Gasteiger partial charge in [-0.2, -0.15) is 0 Å². The molecule has 1 saturated heterocycles. The van der Waals surface area contributed by atoms with Crippen molar-refractivity contribution in [3.63, 3.8) is 0 Å². The van der Waals surface area contributed by atoms with E-state index in [2.05, 4.69) is 13.8 Å². The lowest BCUT2D eigenvalue weighted by atomic mass is 10.3. The van der Waals surface area contributed by atoms with Crippen LogP contribution in [-0.4, -0.2) is 19.0 Å². The Hall–Kier alpha value is -0.0800. The van der Waals surface area contributed by atoms with Gasteiger partial charge >= 0.3 is 0 Å². The van der Waals surface area contributed by atoms with Crippen LogP contribution in [0.15, 0.2) is 0 Å². The molecule has 54 valence electrons. The van der Waals surface area contributed by atoms with Crippen molar-refractivity contribution < 1.29 is 9.47 Å². The Balaban J connectivity index is 2.10. The molecule has 0 spiro atoms. The SMILES string of the molecule is CCCOC1(CC)CO1. The Labute approximate surface area is 56.2 Å². The molecule has 1 aliphatic rings. The van der Waals surface area contributed by atoms with Crippen LogP contribution in [0.3, 0.4) is 0 Å². The van der Waals surface area contributed by atoms with Gasteiger partial charge < -0.3 is 9.47 Å². The van der Waals surface area contributed by atoms with Crippen molar-refractivity contribution in [3.8, 4) is 0 Å². The van der Waals surface area contributed by atoms with E-state index in [9.17, 15) is 0 Å². The summed E-state index contributed by atoms with van der Waals surface area (Å²) in [6.45, 7) is 5.81. The Morgan fingerprint density at radius 1 is 1.56 bits per heavy atom. The van der Waals surface area contributed by atoms with E-state index in [0.29, 0.717) is 0 Å². The van der Waals surface area contributed by atoms with Crippen LogP contribution in [0.5, 0.6) is 0 Å². The summed E-state index contributed by atoms with van der Waals surface area (Å²) in [6.07, 6.45) is 2.05. The van der Waals surface area contributed by atoms with E-state index in [4.69, 9.17) is 9.47 Å². The van der Waals surface area contributed by atoms with Gasteiger partial charge in [0.05, 0.1) is 0 Å². The fourth-order valence-corrected chi connectivity index (χ4v) is 0.758. The minimum atomic E-state index is -0.157. The topological polar surface area (TPSA) is 21.8 Å². The van der Waals surface area contributed by atoms with E-state index >= 15 is 0 Å². The lowest BCUT2D eigenvalue weighted by Gasteiger charge is -2.08. The van der Waals surface area contributed by atoms with Gasteiger partial charge in [-0.1, -0.05) is 13.8 Å². The van der Waals surface area contributed by atoms with Crippen molar-refractivity contribution in [1.29, 1.82) is 0 Å². The van der Waals surface area contributed by atoms with Crippen molar-refractivity contribution in [3.05, 3.63) is 0 Å². The van der Waals surface area contributed by atoms with Crippen LogP contribution in [0.1, 0.15) is 26.7 Å². The first kappa shape index (κ1) is 7.03. The van der Waals surface area contributed by atoms with Gasteiger partial charge in [0.2, 0.25) is 0 Å². The molecule has 0 aliphatic carbocycles. The van der Waals surface area contributed by atoms with Gasteiger partial charge in [-0.15, -0.1) is 0 Å². The average Bonchev–Trinajstić information content (AvgIpc) is 2.65. The maximum absolute atomic E-state index is 5.42.